The Morgan fingerprint density at radius 3 is 1.02 bits per heavy atom. The molecule has 0 radical (unpaired) electrons. The summed E-state index contributed by atoms with van der Waals surface area (Å²) >= 11 is 0. The van der Waals surface area contributed by atoms with E-state index in [0.717, 1.165) is 12.8 Å². The molecule has 0 saturated heterocycles. The first kappa shape index (κ1) is 41.2. The van der Waals surface area contributed by atoms with E-state index >= 15 is 0 Å². The van der Waals surface area contributed by atoms with Crippen molar-refractivity contribution >= 4 is 5.97 Å². The maximum atomic E-state index is 12.0. The lowest BCUT2D eigenvalue weighted by Gasteiger charge is -2.06. The van der Waals surface area contributed by atoms with Gasteiger partial charge in [-0.2, -0.15) is 0 Å². The van der Waals surface area contributed by atoms with E-state index in [4.69, 9.17) is 4.74 Å². The summed E-state index contributed by atoms with van der Waals surface area (Å²) < 4.78 is 5.45. The van der Waals surface area contributed by atoms with Crippen molar-refractivity contribution < 1.29 is 9.53 Å². The molecule has 2 heteroatoms. The first-order chi connectivity index (χ1) is 20.8. The zero-order valence-corrected chi connectivity index (χ0v) is 29.2. The minimum absolute atomic E-state index is 0.0259. The zero-order chi connectivity index (χ0) is 30.4. The molecule has 0 aliphatic carbocycles. The average Bonchev–Trinajstić information content (AvgIpc) is 3.00. The number of unbranched alkanes of at least 4 members (excludes halogenated alkanes) is 30. The Kier molecular flexibility index (Phi) is 37.5. The normalized spacial score (nSPS) is 11.6. The van der Waals surface area contributed by atoms with Gasteiger partial charge in [-0.1, -0.05) is 199 Å². The highest BCUT2D eigenvalue weighted by molar-refractivity contribution is 5.69. The van der Waals surface area contributed by atoms with E-state index in [1.165, 1.54) is 199 Å². The van der Waals surface area contributed by atoms with Gasteiger partial charge in [-0.25, -0.2) is 0 Å². The van der Waals surface area contributed by atoms with Crippen LogP contribution in [-0.4, -0.2) is 12.6 Å². The molecule has 0 unspecified atom stereocenters. The summed E-state index contributed by atoms with van der Waals surface area (Å²) in [6.07, 6.45) is 50.0. The van der Waals surface area contributed by atoms with Gasteiger partial charge in [0.25, 0.3) is 0 Å². The maximum Gasteiger partial charge on any atom is 0.305 e. The van der Waals surface area contributed by atoms with Gasteiger partial charge in [0.1, 0.15) is 0 Å². The van der Waals surface area contributed by atoms with Crippen LogP contribution in [0.2, 0.25) is 0 Å². The van der Waals surface area contributed by atoms with Crippen LogP contribution in [-0.2, 0) is 9.53 Å². The Hall–Kier alpha value is -0.790. The lowest BCUT2D eigenvalue weighted by molar-refractivity contribution is -0.143. The van der Waals surface area contributed by atoms with Crippen molar-refractivity contribution in [1.82, 2.24) is 0 Å². The number of esters is 1. The van der Waals surface area contributed by atoms with Crippen molar-refractivity contribution in [2.24, 2.45) is 0 Å². The van der Waals surface area contributed by atoms with Crippen LogP contribution in [0.3, 0.4) is 0 Å². The number of hydrogen-bond donors (Lipinski definition) is 0. The largest absolute Gasteiger partial charge is 0.466 e. The lowest BCUT2D eigenvalue weighted by atomic mass is 10.0. The molecule has 0 aromatic carbocycles. The van der Waals surface area contributed by atoms with E-state index in [1.807, 2.05) is 0 Å². The molecule has 0 heterocycles. The quantitative estimate of drug-likeness (QED) is 0.0412. The fourth-order valence-electron chi connectivity index (χ4n) is 5.96. The molecular formula is C40H78O2. The molecule has 0 rings (SSSR count). The smallest absolute Gasteiger partial charge is 0.305 e. The molecule has 0 N–H and O–H groups in total. The molecule has 0 fully saturated rings. The number of ether oxygens (including phenoxy) is 1. The third-order valence-electron chi connectivity index (χ3n) is 8.90. The fraction of sp³-hybridized carbons (Fsp3) is 0.925. The lowest BCUT2D eigenvalue weighted by Crippen LogP contribution is -2.05. The summed E-state index contributed by atoms with van der Waals surface area (Å²) in [5.74, 6) is 0.0259. The molecule has 2 nitrogen and oxygen atoms in total. The molecule has 250 valence electrons. The molecule has 0 saturated carbocycles. The van der Waals surface area contributed by atoms with E-state index < -0.39 is 0 Å². The first-order valence-corrected chi connectivity index (χ1v) is 19.6. The second-order valence-electron chi connectivity index (χ2n) is 13.3. The summed E-state index contributed by atoms with van der Waals surface area (Å²) in [6, 6.07) is 0. The highest BCUT2D eigenvalue weighted by Gasteiger charge is 2.03. The minimum atomic E-state index is 0.0259. The van der Waals surface area contributed by atoms with Crippen LogP contribution < -0.4 is 0 Å². The second kappa shape index (κ2) is 38.2. The van der Waals surface area contributed by atoms with Crippen molar-refractivity contribution in [1.29, 1.82) is 0 Å². The molecule has 0 aromatic heterocycles. The first-order valence-electron chi connectivity index (χ1n) is 19.6. The molecule has 0 aromatic rings. The average molecular weight is 591 g/mol. The van der Waals surface area contributed by atoms with Gasteiger partial charge in [0.05, 0.1) is 6.61 Å². The Morgan fingerprint density at radius 1 is 0.381 bits per heavy atom. The van der Waals surface area contributed by atoms with E-state index in [2.05, 4.69) is 26.0 Å². The van der Waals surface area contributed by atoms with E-state index in [0.29, 0.717) is 13.0 Å². The molecule has 0 amide bonds. The molecule has 0 atom stereocenters. The molecule has 0 bridgehead atoms. The summed E-state index contributed by atoms with van der Waals surface area (Å²) in [5.41, 5.74) is 0. The number of rotatable bonds is 36. The maximum absolute atomic E-state index is 12.0. The van der Waals surface area contributed by atoms with Crippen LogP contribution in [0.15, 0.2) is 12.2 Å². The van der Waals surface area contributed by atoms with Crippen LogP contribution in [0.25, 0.3) is 0 Å². The molecule has 0 spiro atoms. The van der Waals surface area contributed by atoms with Crippen LogP contribution in [0.4, 0.5) is 0 Å². The predicted molar refractivity (Wildman–Crippen MR) is 188 cm³/mol. The van der Waals surface area contributed by atoms with Crippen molar-refractivity contribution in [3.63, 3.8) is 0 Å². The van der Waals surface area contributed by atoms with Crippen LogP contribution in [0, 0.1) is 0 Å². The predicted octanol–water partition coefficient (Wildman–Crippen LogP) is 14.4. The summed E-state index contributed by atoms with van der Waals surface area (Å²) in [7, 11) is 0. The Balaban J connectivity index is 3.17. The van der Waals surface area contributed by atoms with Crippen LogP contribution >= 0.6 is 0 Å². The SMILES string of the molecule is CCCCCCCC/C=C\CCCCCCCCCCCCOC(=O)CCCCCCCCCCCCCCCCC. The molecule has 0 aliphatic rings. The molecule has 42 heavy (non-hydrogen) atoms. The fourth-order valence-corrected chi connectivity index (χ4v) is 5.96. The van der Waals surface area contributed by atoms with E-state index in [1.54, 1.807) is 0 Å². The Labute approximate surface area is 266 Å². The van der Waals surface area contributed by atoms with Crippen molar-refractivity contribution in [3.8, 4) is 0 Å². The van der Waals surface area contributed by atoms with Gasteiger partial charge in [0.15, 0.2) is 0 Å². The molecule has 0 aliphatic heterocycles. The Bertz CT molecular complexity index is 526. The van der Waals surface area contributed by atoms with Gasteiger partial charge in [-0.05, 0) is 38.5 Å². The van der Waals surface area contributed by atoms with Crippen molar-refractivity contribution in [3.05, 3.63) is 12.2 Å². The van der Waals surface area contributed by atoms with Crippen LogP contribution in [0.1, 0.15) is 232 Å². The van der Waals surface area contributed by atoms with E-state index in [9.17, 15) is 4.79 Å². The monoisotopic (exact) mass is 591 g/mol. The van der Waals surface area contributed by atoms with Crippen molar-refractivity contribution in [2.75, 3.05) is 6.61 Å². The Morgan fingerprint density at radius 2 is 0.667 bits per heavy atom. The van der Waals surface area contributed by atoms with Gasteiger partial charge >= 0.3 is 5.97 Å². The third kappa shape index (κ3) is 37.2. The van der Waals surface area contributed by atoms with Gasteiger partial charge in [-0.3, -0.25) is 4.79 Å². The number of hydrogen-bond acceptors (Lipinski definition) is 2. The highest BCUT2D eigenvalue weighted by Crippen LogP contribution is 2.15. The minimum Gasteiger partial charge on any atom is -0.466 e. The van der Waals surface area contributed by atoms with Crippen molar-refractivity contribution in [2.45, 2.75) is 232 Å². The number of carbonyl (C=O) groups excluding carboxylic acids is 1. The third-order valence-corrected chi connectivity index (χ3v) is 8.90. The van der Waals surface area contributed by atoms with Crippen LogP contribution in [0.5, 0.6) is 0 Å². The van der Waals surface area contributed by atoms with Gasteiger partial charge in [-0.15, -0.1) is 0 Å². The molecular weight excluding hydrogens is 512 g/mol. The number of carbonyl (C=O) groups is 1. The van der Waals surface area contributed by atoms with E-state index in [-0.39, 0.29) is 5.97 Å². The summed E-state index contributed by atoms with van der Waals surface area (Å²) in [6.45, 7) is 5.21. The van der Waals surface area contributed by atoms with Gasteiger partial charge in [0.2, 0.25) is 0 Å². The number of allylic oxidation sites excluding steroid dienone is 2. The van der Waals surface area contributed by atoms with Gasteiger partial charge in [0, 0.05) is 6.42 Å². The zero-order valence-electron chi connectivity index (χ0n) is 29.2. The highest BCUT2D eigenvalue weighted by atomic mass is 16.5. The topological polar surface area (TPSA) is 26.3 Å². The van der Waals surface area contributed by atoms with Gasteiger partial charge < -0.3 is 4.74 Å². The summed E-state index contributed by atoms with van der Waals surface area (Å²) in [5, 5.41) is 0. The standard InChI is InChI=1S/C40H78O2/c1-3-5-7-9-11-13-15-17-19-20-21-22-23-25-27-29-31-33-35-37-39-42-40(41)38-36-34-32-30-28-26-24-18-16-14-12-10-8-6-4-2/h17,19H,3-16,18,20-39H2,1-2H3/b19-17-. The second-order valence-corrected chi connectivity index (χ2v) is 13.3. The summed E-state index contributed by atoms with van der Waals surface area (Å²) in [4.78, 5) is 12.0.